The Morgan fingerprint density at radius 1 is 0.632 bits per heavy atom. The van der Waals surface area contributed by atoms with E-state index in [4.69, 9.17) is 9.05 Å². The van der Waals surface area contributed by atoms with Crippen LogP contribution in [0.1, 0.15) is 187 Å². The molecule has 3 unspecified atom stereocenters. The van der Waals surface area contributed by atoms with Gasteiger partial charge >= 0.3 is 0 Å². The quantitative estimate of drug-likeness (QED) is 0.0275. The summed E-state index contributed by atoms with van der Waals surface area (Å²) in [6, 6.07) is -0.820. The zero-order chi connectivity index (χ0) is 42.1. The Morgan fingerprint density at radius 3 is 1.54 bits per heavy atom. The van der Waals surface area contributed by atoms with Crippen molar-refractivity contribution in [2.75, 3.05) is 40.9 Å². The molecular formula is C48H89N2O6P. The Kier molecular flexibility index (Phi) is 38.4. The Balaban J connectivity index is 4.43. The van der Waals surface area contributed by atoms with Crippen molar-refractivity contribution < 1.29 is 32.9 Å². The van der Waals surface area contributed by atoms with Crippen LogP contribution in [-0.4, -0.2) is 68.5 Å². The van der Waals surface area contributed by atoms with Gasteiger partial charge in [0.15, 0.2) is 0 Å². The molecule has 0 aliphatic rings. The van der Waals surface area contributed by atoms with Crippen molar-refractivity contribution in [3.05, 3.63) is 60.8 Å². The maximum absolute atomic E-state index is 12.9. The van der Waals surface area contributed by atoms with Crippen molar-refractivity contribution in [1.82, 2.24) is 5.32 Å². The molecule has 0 bridgehead atoms. The van der Waals surface area contributed by atoms with Crippen LogP contribution in [0.15, 0.2) is 60.8 Å². The normalized spacial score (nSPS) is 14.9. The topological polar surface area (TPSA) is 108 Å². The fraction of sp³-hybridized carbons (Fsp3) is 0.771. The number of nitrogens with zero attached hydrogens (tertiary/aromatic N) is 1. The predicted octanol–water partition coefficient (Wildman–Crippen LogP) is 12.4. The molecule has 0 rings (SSSR count). The lowest BCUT2D eigenvalue weighted by atomic mass is 10.0. The van der Waals surface area contributed by atoms with Crippen LogP contribution >= 0.6 is 7.82 Å². The number of nitrogens with one attached hydrogen (secondary N) is 1. The van der Waals surface area contributed by atoms with Gasteiger partial charge in [0.1, 0.15) is 13.2 Å². The molecule has 0 spiro atoms. The molecule has 0 aliphatic heterocycles. The summed E-state index contributed by atoms with van der Waals surface area (Å²) in [6.45, 7) is 4.57. The first-order valence-corrected chi connectivity index (χ1v) is 24.6. The van der Waals surface area contributed by atoms with E-state index in [9.17, 15) is 19.4 Å². The monoisotopic (exact) mass is 821 g/mol. The highest BCUT2D eigenvalue weighted by Crippen LogP contribution is 2.38. The summed E-state index contributed by atoms with van der Waals surface area (Å²) < 4.78 is 23.3. The lowest BCUT2D eigenvalue weighted by Crippen LogP contribution is -2.46. The maximum Gasteiger partial charge on any atom is 0.268 e. The van der Waals surface area contributed by atoms with Crippen molar-refractivity contribution >= 4 is 13.7 Å². The van der Waals surface area contributed by atoms with Gasteiger partial charge in [-0.05, 0) is 57.8 Å². The number of aliphatic hydroxyl groups excluding tert-OH is 1. The molecule has 2 N–H and O–H groups in total. The lowest BCUT2D eigenvalue weighted by molar-refractivity contribution is -0.870. The summed E-state index contributed by atoms with van der Waals surface area (Å²) in [6.07, 6.45) is 50.8. The number of rotatable bonds is 41. The molecule has 0 heterocycles. The van der Waals surface area contributed by atoms with Gasteiger partial charge < -0.3 is 28.8 Å². The molecule has 0 fully saturated rings. The minimum atomic E-state index is -4.58. The molecule has 8 nitrogen and oxygen atoms in total. The van der Waals surface area contributed by atoms with Crippen molar-refractivity contribution in [2.24, 2.45) is 0 Å². The first-order chi connectivity index (χ1) is 27.5. The van der Waals surface area contributed by atoms with Crippen LogP contribution < -0.4 is 10.2 Å². The molecule has 0 aromatic heterocycles. The van der Waals surface area contributed by atoms with E-state index in [2.05, 4.69) is 79.9 Å². The van der Waals surface area contributed by atoms with Gasteiger partial charge in [-0.2, -0.15) is 0 Å². The van der Waals surface area contributed by atoms with E-state index in [1.165, 1.54) is 83.5 Å². The molecule has 332 valence electrons. The summed E-state index contributed by atoms with van der Waals surface area (Å²) >= 11 is 0. The summed E-state index contributed by atoms with van der Waals surface area (Å²) in [5.74, 6) is -0.198. The summed E-state index contributed by atoms with van der Waals surface area (Å²) in [5, 5.41) is 13.9. The third-order valence-electron chi connectivity index (χ3n) is 10.0. The summed E-state index contributed by atoms with van der Waals surface area (Å²) in [4.78, 5) is 25.4. The Bertz CT molecular complexity index is 1110. The van der Waals surface area contributed by atoms with E-state index in [0.717, 1.165) is 77.0 Å². The van der Waals surface area contributed by atoms with Crippen molar-refractivity contribution in [3.63, 3.8) is 0 Å². The molecular weight excluding hydrogens is 732 g/mol. The predicted molar refractivity (Wildman–Crippen MR) is 242 cm³/mol. The zero-order valence-electron chi connectivity index (χ0n) is 37.5. The molecule has 0 saturated heterocycles. The Labute approximate surface area is 351 Å². The highest BCUT2D eigenvalue weighted by molar-refractivity contribution is 7.45. The third kappa shape index (κ3) is 42.1. The van der Waals surface area contributed by atoms with Gasteiger partial charge in [0.05, 0.1) is 39.9 Å². The number of carbonyl (C=O) groups is 1. The molecule has 57 heavy (non-hydrogen) atoms. The molecule has 0 aliphatic carbocycles. The van der Waals surface area contributed by atoms with Crippen LogP contribution in [0.2, 0.25) is 0 Å². The number of allylic oxidation sites excluding steroid dienone is 10. The highest BCUT2D eigenvalue weighted by atomic mass is 31.2. The van der Waals surface area contributed by atoms with E-state index in [1.807, 2.05) is 21.1 Å². The maximum atomic E-state index is 12.9. The highest BCUT2D eigenvalue weighted by Gasteiger charge is 2.24. The zero-order valence-corrected chi connectivity index (χ0v) is 38.4. The SMILES string of the molecule is CC/C=C\C/C=C\C/C=C\C/C=C\C/C=C\CCCCCC(=O)NC(COP(=O)([O-])OCC[N+](C)(C)C)C(O)CCCCCCCCCCCCCCCCCC. The van der Waals surface area contributed by atoms with Crippen LogP contribution in [0.25, 0.3) is 0 Å². The van der Waals surface area contributed by atoms with Crippen LogP contribution in [-0.2, 0) is 18.4 Å². The fourth-order valence-electron chi connectivity index (χ4n) is 6.36. The second-order valence-electron chi connectivity index (χ2n) is 16.7. The molecule has 9 heteroatoms. The number of amides is 1. The number of aliphatic hydroxyl groups is 1. The first kappa shape index (κ1) is 55.2. The van der Waals surface area contributed by atoms with Gasteiger partial charge in [-0.25, -0.2) is 0 Å². The molecule has 0 aromatic rings. The first-order valence-electron chi connectivity index (χ1n) is 23.1. The number of carbonyl (C=O) groups excluding carboxylic acids is 1. The number of unbranched alkanes of at least 4 members (excludes halogenated alkanes) is 18. The van der Waals surface area contributed by atoms with E-state index in [1.54, 1.807) is 0 Å². The number of phosphoric acid groups is 1. The second kappa shape index (κ2) is 39.6. The van der Waals surface area contributed by atoms with Gasteiger partial charge in [-0.3, -0.25) is 9.36 Å². The van der Waals surface area contributed by atoms with Crippen LogP contribution in [0.3, 0.4) is 0 Å². The van der Waals surface area contributed by atoms with Crippen LogP contribution in [0.5, 0.6) is 0 Å². The van der Waals surface area contributed by atoms with E-state index in [0.29, 0.717) is 23.9 Å². The standard InChI is InChI=1S/C48H89N2O6P/c1-6-8-10-12-14-16-18-20-22-24-25-26-28-30-32-34-36-38-40-42-48(52)49-46(45-56-57(53,54)55-44-43-50(3,4)5)47(51)41-39-37-35-33-31-29-27-23-21-19-17-15-13-11-9-7-2/h8,10,14,16,20,22,25-26,30,32,46-47,51H,6-7,9,11-13,15,17-19,21,23-24,27-29,31,33-45H2,1-5H3,(H-,49,52,53,54)/b10-8-,16-14-,22-20-,26-25-,32-30-. The molecule has 0 aromatic carbocycles. The molecule has 0 saturated carbocycles. The van der Waals surface area contributed by atoms with Crippen molar-refractivity contribution in [3.8, 4) is 0 Å². The second-order valence-corrected chi connectivity index (χ2v) is 18.1. The summed E-state index contributed by atoms with van der Waals surface area (Å²) in [7, 11) is 1.27. The number of hydrogen-bond acceptors (Lipinski definition) is 6. The molecule has 1 amide bonds. The average Bonchev–Trinajstić information content (AvgIpc) is 3.16. The van der Waals surface area contributed by atoms with Crippen molar-refractivity contribution in [1.29, 1.82) is 0 Å². The Morgan fingerprint density at radius 2 is 1.07 bits per heavy atom. The largest absolute Gasteiger partial charge is 0.756 e. The number of hydrogen-bond donors (Lipinski definition) is 2. The number of likely N-dealkylation sites (N-methyl/N-ethyl adjacent to an activating group) is 1. The van der Waals surface area contributed by atoms with Gasteiger partial charge in [0, 0.05) is 6.42 Å². The third-order valence-corrected chi connectivity index (χ3v) is 11.0. The van der Waals surface area contributed by atoms with Gasteiger partial charge in [-0.15, -0.1) is 0 Å². The minimum Gasteiger partial charge on any atom is -0.756 e. The van der Waals surface area contributed by atoms with Crippen molar-refractivity contribution in [2.45, 2.75) is 199 Å². The lowest BCUT2D eigenvalue weighted by Gasteiger charge is -2.30. The number of phosphoric ester groups is 1. The fourth-order valence-corrected chi connectivity index (χ4v) is 7.08. The van der Waals surface area contributed by atoms with E-state index >= 15 is 0 Å². The minimum absolute atomic E-state index is 0.00265. The molecule has 0 radical (unpaired) electrons. The summed E-state index contributed by atoms with van der Waals surface area (Å²) in [5.41, 5.74) is 0. The van der Waals surface area contributed by atoms with Crippen LogP contribution in [0, 0.1) is 0 Å². The van der Waals surface area contributed by atoms with Gasteiger partial charge in [0.2, 0.25) is 5.91 Å². The van der Waals surface area contributed by atoms with Crippen LogP contribution in [0.4, 0.5) is 0 Å². The number of quaternary nitrogens is 1. The Hall–Kier alpha value is -1.80. The average molecular weight is 821 g/mol. The van der Waals surface area contributed by atoms with Gasteiger partial charge in [-0.1, -0.05) is 184 Å². The van der Waals surface area contributed by atoms with E-state index in [-0.39, 0.29) is 19.1 Å². The van der Waals surface area contributed by atoms with Gasteiger partial charge in [0.25, 0.3) is 7.82 Å². The smallest absolute Gasteiger partial charge is 0.268 e. The molecule has 3 atom stereocenters. The van der Waals surface area contributed by atoms with E-state index < -0.39 is 20.0 Å².